The molecule has 1 rings (SSSR count). The monoisotopic (exact) mass is 318 g/mol. The molecule has 1 aromatic rings. The van der Waals surface area contributed by atoms with E-state index >= 15 is 0 Å². The zero-order chi connectivity index (χ0) is 17.9. The summed E-state index contributed by atoms with van der Waals surface area (Å²) >= 11 is 0. The van der Waals surface area contributed by atoms with Gasteiger partial charge in [-0.1, -0.05) is 53.7 Å². The third kappa shape index (κ3) is 4.66. The van der Waals surface area contributed by atoms with Crippen molar-refractivity contribution in [3.63, 3.8) is 0 Å². The second-order valence-corrected chi connectivity index (χ2v) is 7.18. The number of Topliss-reactive ketones (excluding diaryl/α,β-unsaturated/α-hetero) is 1. The van der Waals surface area contributed by atoms with Gasteiger partial charge in [-0.25, -0.2) is 4.79 Å². The van der Waals surface area contributed by atoms with Crippen LogP contribution >= 0.6 is 0 Å². The Morgan fingerprint density at radius 1 is 0.826 bits per heavy atom. The second kappa shape index (κ2) is 7.76. The average molecular weight is 318 g/mol. The zero-order valence-electron chi connectivity index (χ0n) is 15.7. The largest absolute Gasteiger partial charge is 0.452 e. The highest BCUT2D eigenvalue weighted by molar-refractivity contribution is 6.32. The van der Waals surface area contributed by atoms with E-state index in [2.05, 4.69) is 53.7 Å². The lowest BCUT2D eigenvalue weighted by Crippen LogP contribution is -2.19. The molecule has 3 nitrogen and oxygen atoms in total. The Bertz CT molecular complexity index is 554. The normalized spacial score (nSPS) is 12.8. The van der Waals surface area contributed by atoms with Gasteiger partial charge in [0.05, 0.1) is 0 Å². The minimum Gasteiger partial charge on any atom is -0.452 e. The molecule has 0 unspecified atom stereocenters. The molecule has 0 heterocycles. The van der Waals surface area contributed by atoms with Crippen molar-refractivity contribution in [3.05, 3.63) is 34.4 Å². The van der Waals surface area contributed by atoms with E-state index in [0.29, 0.717) is 17.8 Å². The number of ether oxygens (including phenoxy) is 1. The Morgan fingerprint density at radius 2 is 1.26 bits per heavy atom. The number of ketones is 1. The van der Waals surface area contributed by atoms with Gasteiger partial charge < -0.3 is 4.74 Å². The van der Waals surface area contributed by atoms with E-state index in [0.717, 1.165) is 5.56 Å². The van der Waals surface area contributed by atoms with Crippen LogP contribution in [0.4, 0.5) is 0 Å². The maximum absolute atomic E-state index is 11.7. The van der Waals surface area contributed by atoms with E-state index in [9.17, 15) is 9.59 Å². The number of hydrogen-bond donors (Lipinski definition) is 0. The molecule has 0 aliphatic rings. The van der Waals surface area contributed by atoms with Gasteiger partial charge in [0.2, 0.25) is 5.78 Å². The van der Waals surface area contributed by atoms with E-state index in [1.165, 1.54) is 23.6 Å². The minimum atomic E-state index is -0.769. The van der Waals surface area contributed by atoms with E-state index in [1.807, 2.05) is 6.92 Å². The van der Waals surface area contributed by atoms with Crippen LogP contribution in [0.3, 0.4) is 0 Å². The first-order chi connectivity index (χ1) is 10.6. The summed E-state index contributed by atoms with van der Waals surface area (Å²) in [5, 5.41) is 0. The van der Waals surface area contributed by atoms with Gasteiger partial charge in [0.15, 0.2) is 0 Å². The molecular formula is C20H30O3. The van der Waals surface area contributed by atoms with Gasteiger partial charge in [-0.2, -0.15) is 0 Å². The van der Waals surface area contributed by atoms with Crippen LogP contribution in [0, 0.1) is 0 Å². The van der Waals surface area contributed by atoms with Crippen LogP contribution in [-0.2, 0) is 14.3 Å². The number of carbonyl (C=O) groups excluding carboxylic acids is 2. The topological polar surface area (TPSA) is 43.4 Å². The molecule has 0 saturated carbocycles. The average Bonchev–Trinajstić information content (AvgIpc) is 2.44. The fraction of sp³-hybridized carbons (Fsp3) is 0.600. The van der Waals surface area contributed by atoms with Crippen LogP contribution in [0.5, 0.6) is 0 Å². The highest BCUT2D eigenvalue weighted by Crippen LogP contribution is 2.36. The van der Waals surface area contributed by atoms with Gasteiger partial charge in [0.1, 0.15) is 6.10 Å². The number of esters is 1. The Hall–Kier alpha value is -1.64. The molecule has 0 aromatic heterocycles. The van der Waals surface area contributed by atoms with Gasteiger partial charge in [-0.05, 0) is 46.9 Å². The molecule has 23 heavy (non-hydrogen) atoms. The highest BCUT2D eigenvalue weighted by Gasteiger charge is 2.24. The maximum Gasteiger partial charge on any atom is 0.374 e. The number of rotatable bonds is 6. The Morgan fingerprint density at radius 3 is 1.57 bits per heavy atom. The third-order valence-electron chi connectivity index (χ3n) is 4.15. The van der Waals surface area contributed by atoms with Crippen LogP contribution in [0.2, 0.25) is 0 Å². The summed E-state index contributed by atoms with van der Waals surface area (Å²) in [4.78, 5) is 22.9. The van der Waals surface area contributed by atoms with E-state index in [4.69, 9.17) is 4.74 Å². The molecule has 0 aliphatic heterocycles. The van der Waals surface area contributed by atoms with Crippen LogP contribution in [0.25, 0.3) is 0 Å². The van der Waals surface area contributed by atoms with Gasteiger partial charge in [0, 0.05) is 6.92 Å². The molecule has 0 spiro atoms. The van der Waals surface area contributed by atoms with Crippen molar-refractivity contribution in [1.82, 2.24) is 0 Å². The van der Waals surface area contributed by atoms with E-state index in [-0.39, 0.29) is 0 Å². The number of benzene rings is 1. The molecule has 0 fully saturated rings. The Balaban J connectivity index is 3.48. The number of hydrogen-bond acceptors (Lipinski definition) is 3. The molecule has 0 N–H and O–H groups in total. The number of carbonyl (C=O) groups is 2. The predicted molar refractivity (Wildman–Crippen MR) is 93.9 cm³/mol. The fourth-order valence-corrected chi connectivity index (χ4v) is 2.78. The molecule has 1 atom stereocenters. The van der Waals surface area contributed by atoms with Crippen molar-refractivity contribution < 1.29 is 14.3 Å². The molecule has 128 valence electrons. The second-order valence-electron chi connectivity index (χ2n) is 7.18. The van der Waals surface area contributed by atoms with Crippen LogP contribution in [0.15, 0.2) is 12.1 Å². The lowest BCUT2D eigenvalue weighted by molar-refractivity contribution is -0.156. The third-order valence-corrected chi connectivity index (χ3v) is 4.15. The summed E-state index contributed by atoms with van der Waals surface area (Å²) in [5.41, 5.74) is 4.74. The Kier molecular flexibility index (Phi) is 6.55. The molecular weight excluding hydrogens is 288 g/mol. The zero-order valence-corrected chi connectivity index (χ0v) is 15.7. The van der Waals surface area contributed by atoms with Crippen LogP contribution < -0.4 is 0 Å². The van der Waals surface area contributed by atoms with Gasteiger partial charge in [-0.3, -0.25) is 4.79 Å². The molecule has 3 heteroatoms. The summed E-state index contributed by atoms with van der Waals surface area (Å²) in [6.45, 7) is 16.0. The minimum absolute atomic E-state index is 0.319. The molecule has 0 radical (unpaired) electrons. The first-order valence-corrected chi connectivity index (χ1v) is 8.45. The van der Waals surface area contributed by atoms with Crippen molar-refractivity contribution in [2.45, 2.75) is 79.2 Å². The summed E-state index contributed by atoms with van der Waals surface area (Å²) in [6.07, 6.45) is -0.428. The van der Waals surface area contributed by atoms with Gasteiger partial charge >= 0.3 is 5.97 Å². The van der Waals surface area contributed by atoms with Gasteiger partial charge in [-0.15, -0.1) is 0 Å². The molecule has 0 saturated heterocycles. The van der Waals surface area contributed by atoms with Crippen molar-refractivity contribution in [2.24, 2.45) is 0 Å². The smallest absolute Gasteiger partial charge is 0.374 e. The predicted octanol–water partition coefficient (Wildman–Crippen LogP) is 5.25. The van der Waals surface area contributed by atoms with Crippen LogP contribution in [-0.4, -0.2) is 11.8 Å². The van der Waals surface area contributed by atoms with Crippen LogP contribution in [0.1, 0.15) is 102 Å². The SMILES string of the molecule is CC(=O)C(=O)O[C@@H](C)c1c(C(C)C)cc(C(C)C)cc1C(C)C. The molecule has 0 aliphatic carbocycles. The lowest BCUT2D eigenvalue weighted by atomic mass is 9.82. The lowest BCUT2D eigenvalue weighted by Gasteiger charge is -2.26. The Labute approximate surface area is 140 Å². The van der Waals surface area contributed by atoms with Crippen molar-refractivity contribution in [1.29, 1.82) is 0 Å². The first kappa shape index (κ1) is 19.4. The van der Waals surface area contributed by atoms with Gasteiger partial charge in [0.25, 0.3) is 0 Å². The standard InChI is InChI=1S/C20H30O3/c1-11(2)16-9-17(12(3)4)19(18(10-16)13(5)6)15(8)23-20(22)14(7)21/h9-13,15H,1-8H3/t15-/m0/s1. The summed E-state index contributed by atoms with van der Waals surface area (Å²) in [5.74, 6) is -0.254. The summed E-state index contributed by atoms with van der Waals surface area (Å²) in [6, 6.07) is 4.43. The van der Waals surface area contributed by atoms with Crippen molar-refractivity contribution in [3.8, 4) is 0 Å². The van der Waals surface area contributed by atoms with E-state index in [1.54, 1.807) is 0 Å². The summed E-state index contributed by atoms with van der Waals surface area (Å²) in [7, 11) is 0. The van der Waals surface area contributed by atoms with Crippen molar-refractivity contribution in [2.75, 3.05) is 0 Å². The molecule has 1 aromatic carbocycles. The maximum atomic E-state index is 11.7. The first-order valence-electron chi connectivity index (χ1n) is 8.45. The highest BCUT2D eigenvalue weighted by atomic mass is 16.5. The molecule has 0 amide bonds. The fourth-order valence-electron chi connectivity index (χ4n) is 2.78. The quantitative estimate of drug-likeness (QED) is 0.531. The van der Waals surface area contributed by atoms with Crippen molar-refractivity contribution >= 4 is 11.8 Å². The molecule has 0 bridgehead atoms. The summed E-state index contributed by atoms with van der Waals surface area (Å²) < 4.78 is 5.39. The van der Waals surface area contributed by atoms with E-state index < -0.39 is 17.9 Å².